The SMILES string of the molecule is CCn1c(C2(N)CCOC2)nc2cc(C)ccc21. The Morgan fingerprint density at radius 1 is 1.50 bits per heavy atom. The first-order valence-electron chi connectivity index (χ1n) is 6.48. The van der Waals surface area contributed by atoms with Crippen molar-refractivity contribution in [3.8, 4) is 0 Å². The average Bonchev–Trinajstić information content (AvgIpc) is 2.93. The fourth-order valence-corrected chi connectivity index (χ4v) is 2.70. The lowest BCUT2D eigenvalue weighted by Crippen LogP contribution is -2.40. The molecule has 4 nitrogen and oxygen atoms in total. The van der Waals surface area contributed by atoms with Gasteiger partial charge in [-0.25, -0.2) is 4.98 Å². The maximum atomic E-state index is 6.45. The van der Waals surface area contributed by atoms with Crippen molar-refractivity contribution >= 4 is 11.0 Å². The highest BCUT2D eigenvalue weighted by molar-refractivity contribution is 5.77. The Labute approximate surface area is 107 Å². The minimum absolute atomic E-state index is 0.428. The Kier molecular flexibility index (Phi) is 2.64. The molecule has 0 amide bonds. The summed E-state index contributed by atoms with van der Waals surface area (Å²) in [7, 11) is 0. The van der Waals surface area contributed by atoms with Gasteiger partial charge in [0.15, 0.2) is 0 Å². The van der Waals surface area contributed by atoms with Crippen molar-refractivity contribution in [2.24, 2.45) is 5.73 Å². The number of fused-ring (bicyclic) bond motifs is 1. The number of imidazole rings is 1. The van der Waals surface area contributed by atoms with Crippen molar-refractivity contribution in [2.45, 2.75) is 32.4 Å². The lowest BCUT2D eigenvalue weighted by atomic mass is 9.99. The molecular formula is C14H19N3O. The molecule has 18 heavy (non-hydrogen) atoms. The topological polar surface area (TPSA) is 53.1 Å². The second kappa shape index (κ2) is 4.07. The third kappa shape index (κ3) is 1.64. The van der Waals surface area contributed by atoms with Gasteiger partial charge < -0.3 is 15.0 Å². The Balaban J connectivity index is 2.22. The summed E-state index contributed by atoms with van der Waals surface area (Å²) >= 11 is 0. The molecule has 1 aliphatic rings. The molecule has 0 bridgehead atoms. The zero-order chi connectivity index (χ0) is 12.8. The first kappa shape index (κ1) is 11.7. The number of nitrogens with zero attached hydrogens (tertiary/aromatic N) is 2. The average molecular weight is 245 g/mol. The maximum Gasteiger partial charge on any atom is 0.132 e. The molecule has 4 heteroatoms. The molecule has 96 valence electrons. The van der Waals surface area contributed by atoms with E-state index in [9.17, 15) is 0 Å². The van der Waals surface area contributed by atoms with Crippen LogP contribution in [0.4, 0.5) is 0 Å². The predicted octanol–water partition coefficient (Wildman–Crippen LogP) is 1.94. The summed E-state index contributed by atoms with van der Waals surface area (Å²) in [5, 5.41) is 0. The van der Waals surface area contributed by atoms with Crippen molar-refractivity contribution in [3.05, 3.63) is 29.6 Å². The van der Waals surface area contributed by atoms with Crippen LogP contribution in [0.2, 0.25) is 0 Å². The van der Waals surface area contributed by atoms with Gasteiger partial charge in [0.25, 0.3) is 0 Å². The first-order chi connectivity index (χ1) is 8.64. The summed E-state index contributed by atoms with van der Waals surface area (Å²) in [6.07, 6.45) is 0.843. The molecule has 3 rings (SSSR count). The molecule has 1 saturated heterocycles. The number of hydrogen-bond donors (Lipinski definition) is 1. The van der Waals surface area contributed by atoms with Crippen molar-refractivity contribution < 1.29 is 4.74 Å². The van der Waals surface area contributed by atoms with Crippen LogP contribution in [-0.2, 0) is 16.8 Å². The summed E-state index contributed by atoms with van der Waals surface area (Å²) in [5.74, 6) is 0.961. The highest BCUT2D eigenvalue weighted by Gasteiger charge is 2.37. The predicted molar refractivity (Wildman–Crippen MR) is 71.4 cm³/mol. The molecule has 1 aromatic carbocycles. The Hall–Kier alpha value is -1.39. The molecular weight excluding hydrogens is 226 g/mol. The van der Waals surface area contributed by atoms with Gasteiger partial charge in [0, 0.05) is 13.2 Å². The molecule has 0 radical (unpaired) electrons. The summed E-state index contributed by atoms with van der Waals surface area (Å²) in [6.45, 7) is 6.39. The molecule has 1 aliphatic heterocycles. The van der Waals surface area contributed by atoms with Gasteiger partial charge in [-0.05, 0) is 38.0 Å². The van der Waals surface area contributed by atoms with Gasteiger partial charge in [0.05, 0.1) is 17.6 Å². The van der Waals surface area contributed by atoms with Crippen LogP contribution in [-0.4, -0.2) is 22.8 Å². The number of aromatic nitrogens is 2. The van der Waals surface area contributed by atoms with E-state index in [4.69, 9.17) is 15.5 Å². The van der Waals surface area contributed by atoms with Crippen LogP contribution in [0.5, 0.6) is 0 Å². The Bertz CT molecular complexity index is 582. The van der Waals surface area contributed by atoms with Crippen molar-refractivity contribution in [1.29, 1.82) is 0 Å². The zero-order valence-electron chi connectivity index (χ0n) is 10.9. The molecule has 1 fully saturated rings. The van der Waals surface area contributed by atoms with E-state index in [1.54, 1.807) is 0 Å². The van der Waals surface area contributed by atoms with Gasteiger partial charge >= 0.3 is 0 Å². The Morgan fingerprint density at radius 3 is 3.00 bits per heavy atom. The summed E-state index contributed by atoms with van der Waals surface area (Å²) in [4.78, 5) is 4.76. The van der Waals surface area contributed by atoms with E-state index < -0.39 is 5.54 Å². The highest BCUT2D eigenvalue weighted by atomic mass is 16.5. The first-order valence-corrected chi connectivity index (χ1v) is 6.48. The van der Waals surface area contributed by atoms with Crippen LogP contribution in [0, 0.1) is 6.92 Å². The van der Waals surface area contributed by atoms with Crippen LogP contribution in [0.3, 0.4) is 0 Å². The van der Waals surface area contributed by atoms with Gasteiger partial charge in [-0.15, -0.1) is 0 Å². The highest BCUT2D eigenvalue weighted by Crippen LogP contribution is 2.30. The number of benzene rings is 1. The number of nitrogens with two attached hydrogens (primary N) is 1. The van der Waals surface area contributed by atoms with Crippen LogP contribution >= 0.6 is 0 Å². The van der Waals surface area contributed by atoms with Gasteiger partial charge in [0.2, 0.25) is 0 Å². The molecule has 1 atom stereocenters. The molecule has 0 saturated carbocycles. The van der Waals surface area contributed by atoms with Crippen LogP contribution in [0.25, 0.3) is 11.0 Å². The van der Waals surface area contributed by atoms with Crippen LogP contribution < -0.4 is 5.73 Å². The number of ether oxygens (including phenoxy) is 1. The van der Waals surface area contributed by atoms with E-state index in [1.807, 2.05) is 0 Å². The van der Waals surface area contributed by atoms with Crippen molar-refractivity contribution in [1.82, 2.24) is 9.55 Å². The molecule has 0 aliphatic carbocycles. The number of rotatable bonds is 2. The van der Waals surface area contributed by atoms with E-state index in [1.165, 1.54) is 5.56 Å². The summed E-state index contributed by atoms with van der Waals surface area (Å²) < 4.78 is 7.67. The van der Waals surface area contributed by atoms with E-state index in [-0.39, 0.29) is 0 Å². The quantitative estimate of drug-likeness (QED) is 0.879. The summed E-state index contributed by atoms with van der Waals surface area (Å²) in [6, 6.07) is 6.36. The maximum absolute atomic E-state index is 6.45. The third-order valence-electron chi connectivity index (χ3n) is 3.72. The van der Waals surface area contributed by atoms with Gasteiger partial charge in [-0.3, -0.25) is 0 Å². The molecule has 2 aromatic rings. The fourth-order valence-electron chi connectivity index (χ4n) is 2.70. The second-order valence-electron chi connectivity index (χ2n) is 5.13. The lowest BCUT2D eigenvalue weighted by molar-refractivity contribution is 0.175. The van der Waals surface area contributed by atoms with E-state index in [0.29, 0.717) is 6.61 Å². The normalized spacial score (nSPS) is 23.9. The lowest BCUT2D eigenvalue weighted by Gasteiger charge is -2.22. The van der Waals surface area contributed by atoms with Crippen LogP contribution in [0.15, 0.2) is 18.2 Å². The smallest absolute Gasteiger partial charge is 0.132 e. The van der Waals surface area contributed by atoms with E-state index in [0.717, 1.165) is 36.4 Å². The molecule has 2 N–H and O–H groups in total. The monoisotopic (exact) mass is 245 g/mol. The van der Waals surface area contributed by atoms with Gasteiger partial charge in [-0.2, -0.15) is 0 Å². The second-order valence-corrected chi connectivity index (χ2v) is 5.13. The molecule has 0 spiro atoms. The van der Waals surface area contributed by atoms with Gasteiger partial charge in [-0.1, -0.05) is 6.07 Å². The van der Waals surface area contributed by atoms with Crippen molar-refractivity contribution in [2.75, 3.05) is 13.2 Å². The standard InChI is InChI=1S/C14H19N3O/c1-3-17-12-5-4-10(2)8-11(12)16-13(17)14(15)6-7-18-9-14/h4-5,8H,3,6-7,9,15H2,1-2H3. The number of hydrogen-bond acceptors (Lipinski definition) is 3. The third-order valence-corrected chi connectivity index (χ3v) is 3.72. The van der Waals surface area contributed by atoms with Crippen molar-refractivity contribution in [3.63, 3.8) is 0 Å². The Morgan fingerprint density at radius 2 is 2.33 bits per heavy atom. The fraction of sp³-hybridized carbons (Fsp3) is 0.500. The van der Waals surface area contributed by atoms with E-state index >= 15 is 0 Å². The molecule has 2 heterocycles. The zero-order valence-corrected chi connectivity index (χ0v) is 10.9. The number of aryl methyl sites for hydroxylation is 2. The minimum atomic E-state index is -0.428. The molecule has 1 unspecified atom stereocenters. The largest absolute Gasteiger partial charge is 0.379 e. The summed E-state index contributed by atoms with van der Waals surface area (Å²) in [5.41, 5.74) is 9.44. The van der Waals surface area contributed by atoms with E-state index in [2.05, 4.69) is 36.6 Å². The minimum Gasteiger partial charge on any atom is -0.379 e. The van der Waals surface area contributed by atoms with Gasteiger partial charge in [0.1, 0.15) is 11.4 Å². The van der Waals surface area contributed by atoms with Crippen LogP contribution in [0.1, 0.15) is 24.7 Å². The molecule has 1 aromatic heterocycles.